The molecule has 0 aliphatic carbocycles. The zero-order chi connectivity index (χ0) is 21.1. The molecule has 2 aromatic heterocycles. The molecule has 0 N–H and O–H groups in total. The Bertz CT molecular complexity index is 1220. The van der Waals surface area contributed by atoms with Crippen LogP contribution in [0.15, 0.2) is 62.2 Å². The lowest BCUT2D eigenvalue weighted by Gasteiger charge is -2.09. The number of aryl methyl sites for hydroxylation is 1. The van der Waals surface area contributed by atoms with Crippen LogP contribution in [-0.4, -0.2) is 27.8 Å². The number of carbonyl (C=O) groups is 1. The number of rotatable bonds is 7. The number of fused-ring (bicyclic) bond motifs is 1. The Morgan fingerprint density at radius 2 is 1.87 bits per heavy atom. The monoisotopic (exact) mass is 409 g/mol. The molecule has 0 bridgehead atoms. The number of hydrogen-bond donors (Lipinski definition) is 0. The van der Waals surface area contributed by atoms with Crippen LogP contribution in [0.2, 0.25) is 0 Å². The Hall–Kier alpha value is -3.88. The maximum absolute atomic E-state index is 12.2. The third-order valence-corrected chi connectivity index (χ3v) is 4.55. The third kappa shape index (κ3) is 3.95. The Labute approximate surface area is 170 Å². The molecule has 0 amide bonds. The molecule has 2 aromatic carbocycles. The lowest BCUT2D eigenvalue weighted by atomic mass is 10.2. The summed E-state index contributed by atoms with van der Waals surface area (Å²) in [5.74, 6) is 0.194. The number of para-hydroxylation sites is 2. The molecule has 154 valence electrons. The second kappa shape index (κ2) is 8.24. The average molecular weight is 409 g/mol. The minimum absolute atomic E-state index is 0.00670. The fourth-order valence-electron chi connectivity index (χ4n) is 2.98. The van der Waals surface area contributed by atoms with E-state index in [4.69, 9.17) is 18.3 Å². The lowest BCUT2D eigenvalue weighted by Crippen LogP contribution is -2.18. The minimum Gasteiger partial charge on any atom is -0.497 e. The minimum atomic E-state index is -0.727. The van der Waals surface area contributed by atoms with E-state index in [1.807, 2.05) is 0 Å². The van der Waals surface area contributed by atoms with Gasteiger partial charge in [-0.05, 0) is 43.3 Å². The highest BCUT2D eigenvalue weighted by Gasteiger charge is 2.20. The highest BCUT2D eigenvalue weighted by atomic mass is 16.6. The molecule has 0 unspecified atom stereocenters. The average Bonchev–Trinajstić information content (AvgIpc) is 3.37. The smallest absolute Gasteiger partial charge is 0.419 e. The first-order valence-corrected chi connectivity index (χ1v) is 9.31. The van der Waals surface area contributed by atoms with Gasteiger partial charge in [-0.2, -0.15) is 0 Å². The van der Waals surface area contributed by atoms with E-state index in [1.54, 1.807) is 62.6 Å². The van der Waals surface area contributed by atoms with Crippen LogP contribution in [0.25, 0.3) is 22.6 Å². The van der Waals surface area contributed by atoms with E-state index >= 15 is 0 Å². The summed E-state index contributed by atoms with van der Waals surface area (Å²) in [7, 11) is 1.58. The van der Waals surface area contributed by atoms with Gasteiger partial charge in [0, 0.05) is 12.1 Å². The molecule has 9 heteroatoms. The first-order chi connectivity index (χ1) is 14.5. The molecule has 0 aliphatic heterocycles. The van der Waals surface area contributed by atoms with E-state index in [0.717, 1.165) is 5.56 Å². The highest BCUT2D eigenvalue weighted by Crippen LogP contribution is 2.24. The van der Waals surface area contributed by atoms with Gasteiger partial charge >= 0.3 is 11.7 Å². The largest absolute Gasteiger partial charge is 0.497 e. The predicted molar refractivity (Wildman–Crippen MR) is 106 cm³/mol. The number of methoxy groups -OCH3 is 1. The van der Waals surface area contributed by atoms with Gasteiger partial charge in [0.15, 0.2) is 11.7 Å². The summed E-state index contributed by atoms with van der Waals surface area (Å²) in [5.41, 5.74) is 1.82. The number of carbonyl (C=O) groups excluding carboxylic acids is 1. The highest BCUT2D eigenvalue weighted by molar-refractivity contribution is 5.73. The Morgan fingerprint density at radius 3 is 2.63 bits per heavy atom. The second-order valence-corrected chi connectivity index (χ2v) is 6.54. The van der Waals surface area contributed by atoms with E-state index in [1.165, 1.54) is 4.57 Å². The number of esters is 1. The zero-order valence-electron chi connectivity index (χ0n) is 16.4. The topological polar surface area (TPSA) is 110 Å². The molecule has 9 nitrogen and oxygen atoms in total. The van der Waals surface area contributed by atoms with Crippen LogP contribution in [0.4, 0.5) is 0 Å². The maximum Gasteiger partial charge on any atom is 0.419 e. The van der Waals surface area contributed by atoms with Crippen molar-refractivity contribution in [3.05, 3.63) is 65.0 Å². The number of ether oxygens (including phenoxy) is 2. The van der Waals surface area contributed by atoms with Crippen molar-refractivity contribution in [2.24, 2.45) is 0 Å². The van der Waals surface area contributed by atoms with Crippen molar-refractivity contribution in [2.75, 3.05) is 7.11 Å². The van der Waals surface area contributed by atoms with Crippen molar-refractivity contribution in [3.8, 4) is 17.2 Å². The summed E-state index contributed by atoms with van der Waals surface area (Å²) in [4.78, 5) is 24.2. The van der Waals surface area contributed by atoms with Crippen molar-refractivity contribution in [1.29, 1.82) is 0 Å². The first kappa shape index (κ1) is 19.4. The fraction of sp³-hybridized carbons (Fsp3) is 0.238. The van der Waals surface area contributed by atoms with E-state index in [0.29, 0.717) is 22.7 Å². The van der Waals surface area contributed by atoms with Crippen LogP contribution in [-0.2, 0) is 16.1 Å². The van der Waals surface area contributed by atoms with Crippen molar-refractivity contribution in [1.82, 2.24) is 14.8 Å². The fourth-order valence-corrected chi connectivity index (χ4v) is 2.98. The van der Waals surface area contributed by atoms with Crippen molar-refractivity contribution in [3.63, 3.8) is 0 Å². The van der Waals surface area contributed by atoms with Crippen molar-refractivity contribution in [2.45, 2.75) is 26.0 Å². The maximum atomic E-state index is 12.2. The molecular formula is C21H19N3O6. The van der Waals surface area contributed by atoms with Gasteiger partial charge in [-0.15, -0.1) is 10.2 Å². The summed E-state index contributed by atoms with van der Waals surface area (Å²) in [6.45, 7) is 1.78. The molecule has 2 heterocycles. The lowest BCUT2D eigenvalue weighted by molar-refractivity contribution is -0.149. The summed E-state index contributed by atoms with van der Waals surface area (Å²) in [6.07, 6.45) is -0.734. The van der Waals surface area contributed by atoms with Gasteiger partial charge < -0.3 is 18.3 Å². The number of aromatic nitrogens is 3. The predicted octanol–water partition coefficient (Wildman–Crippen LogP) is 3.35. The van der Waals surface area contributed by atoms with Gasteiger partial charge in [0.25, 0.3) is 5.89 Å². The Balaban J connectivity index is 1.38. The summed E-state index contributed by atoms with van der Waals surface area (Å²) in [5, 5.41) is 7.95. The second-order valence-electron chi connectivity index (χ2n) is 6.54. The zero-order valence-corrected chi connectivity index (χ0v) is 16.4. The molecule has 0 radical (unpaired) electrons. The molecule has 0 spiro atoms. The molecule has 4 aromatic rings. The van der Waals surface area contributed by atoms with E-state index in [2.05, 4.69) is 10.2 Å². The van der Waals surface area contributed by atoms with Gasteiger partial charge in [0.05, 0.1) is 19.0 Å². The third-order valence-electron chi connectivity index (χ3n) is 4.55. The van der Waals surface area contributed by atoms with Crippen LogP contribution in [0.1, 0.15) is 25.3 Å². The van der Waals surface area contributed by atoms with E-state index < -0.39 is 17.8 Å². The number of oxazole rings is 1. The molecule has 0 saturated carbocycles. The van der Waals surface area contributed by atoms with Crippen molar-refractivity contribution < 1.29 is 23.1 Å². The molecule has 30 heavy (non-hydrogen) atoms. The molecule has 0 aliphatic rings. The molecule has 1 atom stereocenters. The van der Waals surface area contributed by atoms with Gasteiger partial charge in [-0.3, -0.25) is 9.36 Å². The van der Waals surface area contributed by atoms with Gasteiger partial charge in [-0.1, -0.05) is 12.1 Å². The molecule has 0 saturated heterocycles. The SMILES string of the molecule is COc1ccc(-c2nnc([C@H](C)OC(=O)CCn3c(=O)oc4ccccc43)o2)cc1. The number of hydrogen-bond acceptors (Lipinski definition) is 8. The summed E-state index contributed by atoms with van der Waals surface area (Å²) >= 11 is 0. The molecular weight excluding hydrogens is 390 g/mol. The van der Waals surface area contributed by atoms with Crippen LogP contribution in [0.5, 0.6) is 5.75 Å². The van der Waals surface area contributed by atoms with E-state index in [-0.39, 0.29) is 18.9 Å². The number of nitrogens with zero attached hydrogens (tertiary/aromatic N) is 3. The standard InChI is InChI=1S/C21H19N3O6/c1-13(19-22-23-20(30-19)14-7-9-15(27-2)10-8-14)28-18(25)11-12-24-16-5-3-4-6-17(16)29-21(24)26/h3-10,13H,11-12H2,1-2H3/t13-/m0/s1. The molecule has 0 fully saturated rings. The number of benzene rings is 2. The van der Waals surface area contributed by atoms with Crippen LogP contribution in [0, 0.1) is 0 Å². The first-order valence-electron chi connectivity index (χ1n) is 9.31. The van der Waals surface area contributed by atoms with Crippen LogP contribution < -0.4 is 10.5 Å². The summed E-state index contributed by atoms with van der Waals surface area (Å²) < 4.78 is 22.7. The summed E-state index contributed by atoms with van der Waals surface area (Å²) in [6, 6.07) is 14.2. The molecule has 4 rings (SSSR count). The van der Waals surface area contributed by atoms with Crippen LogP contribution in [0.3, 0.4) is 0 Å². The quantitative estimate of drug-likeness (QED) is 0.428. The van der Waals surface area contributed by atoms with Crippen molar-refractivity contribution >= 4 is 17.1 Å². The van der Waals surface area contributed by atoms with E-state index in [9.17, 15) is 9.59 Å². The Kier molecular flexibility index (Phi) is 5.34. The van der Waals surface area contributed by atoms with Gasteiger partial charge in [0.1, 0.15) is 5.75 Å². The van der Waals surface area contributed by atoms with Gasteiger partial charge in [0.2, 0.25) is 5.89 Å². The normalized spacial score (nSPS) is 12.1. The Morgan fingerprint density at radius 1 is 1.10 bits per heavy atom. The van der Waals surface area contributed by atoms with Crippen LogP contribution >= 0.6 is 0 Å². The van der Waals surface area contributed by atoms with Gasteiger partial charge in [-0.25, -0.2) is 4.79 Å².